The van der Waals surface area contributed by atoms with Crippen LogP contribution in [0, 0.1) is 5.82 Å². The second kappa shape index (κ2) is 7.41. The zero-order valence-electron chi connectivity index (χ0n) is 16.9. The lowest BCUT2D eigenvalue weighted by Gasteiger charge is -2.12. The molecule has 0 unspecified atom stereocenters. The van der Waals surface area contributed by atoms with Gasteiger partial charge in [0.1, 0.15) is 5.82 Å². The molecule has 0 spiro atoms. The van der Waals surface area contributed by atoms with Crippen molar-refractivity contribution in [2.45, 2.75) is 32.5 Å². The van der Waals surface area contributed by atoms with Gasteiger partial charge in [0.2, 0.25) is 5.91 Å². The van der Waals surface area contributed by atoms with E-state index in [2.05, 4.69) is 0 Å². The van der Waals surface area contributed by atoms with Crippen LogP contribution in [0.4, 0.5) is 17.6 Å². The van der Waals surface area contributed by atoms with Crippen LogP contribution in [0.2, 0.25) is 0 Å². The molecular weight excluding hydrogens is 408 g/mol. The van der Waals surface area contributed by atoms with E-state index in [1.807, 2.05) is 36.6 Å². The largest absolute Gasteiger partial charge is 0.416 e. The summed E-state index contributed by atoms with van der Waals surface area (Å²) >= 11 is 0. The number of alkyl halides is 3. The molecule has 31 heavy (non-hydrogen) atoms. The molecule has 0 aliphatic rings. The summed E-state index contributed by atoms with van der Waals surface area (Å²) in [5, 5.41) is 1.42. The fourth-order valence-corrected chi connectivity index (χ4v) is 3.92. The molecule has 4 aromatic rings. The second-order valence-electron chi connectivity index (χ2n) is 7.89. The minimum absolute atomic E-state index is 0.00767. The molecule has 160 valence electrons. The highest BCUT2D eigenvalue weighted by atomic mass is 19.4. The summed E-state index contributed by atoms with van der Waals surface area (Å²) in [6.07, 6.45) is -4.62. The number of rotatable bonds is 4. The average molecular weight is 428 g/mol. The molecule has 3 aromatic carbocycles. The smallest absolute Gasteiger partial charge is 0.366 e. The van der Waals surface area contributed by atoms with Gasteiger partial charge in [-0.05, 0) is 41.8 Å². The highest BCUT2D eigenvalue weighted by Gasteiger charge is 2.31. The Hall–Kier alpha value is -3.35. The molecule has 0 aliphatic heterocycles. The highest BCUT2D eigenvalue weighted by Crippen LogP contribution is 2.35. The van der Waals surface area contributed by atoms with E-state index in [0.717, 1.165) is 28.6 Å². The number of halogens is 4. The monoisotopic (exact) mass is 428 g/mol. The van der Waals surface area contributed by atoms with E-state index in [1.54, 1.807) is 18.2 Å². The Morgan fingerprint density at radius 2 is 1.77 bits per heavy atom. The lowest BCUT2D eigenvalue weighted by molar-refractivity contribution is -0.137. The molecule has 1 amide bonds. The third-order valence-electron chi connectivity index (χ3n) is 5.56. The van der Waals surface area contributed by atoms with Crippen molar-refractivity contribution in [1.82, 2.24) is 4.57 Å². The summed E-state index contributed by atoms with van der Waals surface area (Å²) in [5.41, 5.74) is 7.46. The molecule has 3 nitrogen and oxygen atoms in total. The van der Waals surface area contributed by atoms with Gasteiger partial charge in [-0.25, -0.2) is 4.39 Å². The van der Waals surface area contributed by atoms with Crippen LogP contribution in [-0.2, 0) is 12.7 Å². The standard InChI is InChI=1S/C24H20F4N2O/c1-13(2)14-7-9-17-21(10-14)30(20-5-3-4-18(22(17)20)23(29)31)12-15-6-8-16(11-19(15)25)24(26,27)28/h3-11,13H,12H2,1-2H3,(H2,29,31). The normalized spacial score (nSPS) is 12.2. The van der Waals surface area contributed by atoms with Crippen LogP contribution >= 0.6 is 0 Å². The Labute approximate surface area is 176 Å². The zero-order valence-corrected chi connectivity index (χ0v) is 16.9. The van der Waals surface area contributed by atoms with Gasteiger partial charge < -0.3 is 10.3 Å². The number of fused-ring (bicyclic) bond motifs is 3. The van der Waals surface area contributed by atoms with Crippen LogP contribution in [0.15, 0.2) is 54.6 Å². The van der Waals surface area contributed by atoms with E-state index in [4.69, 9.17) is 5.73 Å². The molecule has 1 heterocycles. The lowest BCUT2D eigenvalue weighted by Crippen LogP contribution is -2.11. The predicted octanol–water partition coefficient (Wildman–Crippen LogP) is 6.22. The summed E-state index contributed by atoms with van der Waals surface area (Å²) < 4.78 is 55.2. The molecule has 0 radical (unpaired) electrons. The van der Waals surface area contributed by atoms with Crippen molar-refractivity contribution in [3.05, 3.63) is 82.7 Å². The number of nitrogens with zero attached hydrogens (tertiary/aromatic N) is 1. The SMILES string of the molecule is CC(C)c1ccc2c3c(C(N)=O)cccc3n(Cc3ccc(C(F)(F)F)cc3F)c2c1. The van der Waals surface area contributed by atoms with Crippen molar-refractivity contribution < 1.29 is 22.4 Å². The molecule has 0 bridgehead atoms. The van der Waals surface area contributed by atoms with Gasteiger partial charge in [-0.3, -0.25) is 4.79 Å². The van der Waals surface area contributed by atoms with Gasteiger partial charge in [0, 0.05) is 27.4 Å². The second-order valence-corrected chi connectivity index (χ2v) is 7.89. The van der Waals surface area contributed by atoms with Crippen molar-refractivity contribution in [2.24, 2.45) is 5.73 Å². The van der Waals surface area contributed by atoms with Crippen LogP contribution < -0.4 is 5.73 Å². The third kappa shape index (κ3) is 3.65. The molecule has 7 heteroatoms. The van der Waals surface area contributed by atoms with Crippen molar-refractivity contribution in [3.63, 3.8) is 0 Å². The quantitative estimate of drug-likeness (QED) is 0.385. The number of benzene rings is 3. The van der Waals surface area contributed by atoms with Crippen molar-refractivity contribution in [2.75, 3.05) is 0 Å². The molecule has 2 N–H and O–H groups in total. The van der Waals surface area contributed by atoms with E-state index in [-0.39, 0.29) is 18.0 Å². The van der Waals surface area contributed by atoms with Crippen molar-refractivity contribution >= 4 is 27.7 Å². The van der Waals surface area contributed by atoms with E-state index < -0.39 is 23.5 Å². The first-order valence-corrected chi connectivity index (χ1v) is 9.78. The van der Waals surface area contributed by atoms with E-state index in [9.17, 15) is 22.4 Å². The number of amides is 1. The average Bonchev–Trinajstić information content (AvgIpc) is 3.01. The molecule has 0 saturated carbocycles. The topological polar surface area (TPSA) is 48.0 Å². The molecule has 0 fully saturated rings. The summed E-state index contributed by atoms with van der Waals surface area (Å²) in [6, 6.07) is 13.5. The number of carbonyl (C=O) groups is 1. The van der Waals surface area contributed by atoms with Crippen LogP contribution in [-0.4, -0.2) is 10.5 Å². The number of hydrogen-bond acceptors (Lipinski definition) is 1. The first-order chi connectivity index (χ1) is 14.6. The van der Waals surface area contributed by atoms with Crippen LogP contribution in [0.5, 0.6) is 0 Å². The molecule has 0 saturated heterocycles. The summed E-state index contributed by atoms with van der Waals surface area (Å²) in [4.78, 5) is 12.0. The Bertz CT molecular complexity index is 1320. The maximum Gasteiger partial charge on any atom is 0.416 e. The lowest BCUT2D eigenvalue weighted by atomic mass is 10.00. The van der Waals surface area contributed by atoms with Gasteiger partial charge in [0.15, 0.2) is 0 Å². The molecule has 1 aromatic heterocycles. The number of nitrogens with two attached hydrogens (primary N) is 1. The number of carbonyl (C=O) groups excluding carboxylic acids is 1. The van der Waals surface area contributed by atoms with Crippen LogP contribution in [0.3, 0.4) is 0 Å². The maximum atomic E-state index is 14.6. The molecular formula is C24H20F4N2O. The Kier molecular flexibility index (Phi) is 5.00. The number of aromatic nitrogens is 1. The molecule has 0 aliphatic carbocycles. The Balaban J connectivity index is 1.97. The third-order valence-corrected chi connectivity index (χ3v) is 5.56. The zero-order chi connectivity index (χ0) is 22.5. The summed E-state index contributed by atoms with van der Waals surface area (Å²) in [5.74, 6) is -1.29. The minimum Gasteiger partial charge on any atom is -0.366 e. The van der Waals surface area contributed by atoms with Gasteiger partial charge in [-0.15, -0.1) is 0 Å². The Morgan fingerprint density at radius 1 is 1.03 bits per heavy atom. The maximum absolute atomic E-state index is 14.6. The number of primary amides is 1. The van der Waals surface area contributed by atoms with E-state index in [0.29, 0.717) is 22.5 Å². The summed E-state index contributed by atoms with van der Waals surface area (Å²) in [6.45, 7) is 4.09. The van der Waals surface area contributed by atoms with Crippen molar-refractivity contribution in [1.29, 1.82) is 0 Å². The predicted molar refractivity (Wildman–Crippen MR) is 113 cm³/mol. The van der Waals surface area contributed by atoms with Gasteiger partial charge in [-0.2, -0.15) is 13.2 Å². The Morgan fingerprint density at radius 3 is 2.39 bits per heavy atom. The summed E-state index contributed by atoms with van der Waals surface area (Å²) in [7, 11) is 0. The fraction of sp³-hybridized carbons (Fsp3) is 0.208. The minimum atomic E-state index is -4.62. The van der Waals surface area contributed by atoms with Crippen molar-refractivity contribution in [3.8, 4) is 0 Å². The first-order valence-electron chi connectivity index (χ1n) is 9.78. The molecule has 0 atom stereocenters. The van der Waals surface area contributed by atoms with Gasteiger partial charge in [0.25, 0.3) is 0 Å². The molecule has 4 rings (SSSR count). The van der Waals surface area contributed by atoms with E-state index in [1.165, 1.54) is 0 Å². The first kappa shape index (κ1) is 20.9. The fourth-order valence-electron chi connectivity index (χ4n) is 3.92. The number of hydrogen-bond donors (Lipinski definition) is 1. The highest BCUT2D eigenvalue weighted by molar-refractivity contribution is 6.18. The van der Waals surface area contributed by atoms with Gasteiger partial charge in [-0.1, -0.05) is 38.1 Å². The van der Waals surface area contributed by atoms with E-state index >= 15 is 0 Å². The van der Waals surface area contributed by atoms with Crippen LogP contribution in [0.1, 0.15) is 46.8 Å². The van der Waals surface area contributed by atoms with Gasteiger partial charge in [0.05, 0.1) is 17.6 Å². The van der Waals surface area contributed by atoms with Gasteiger partial charge >= 0.3 is 6.18 Å². The van der Waals surface area contributed by atoms with Crippen LogP contribution in [0.25, 0.3) is 21.8 Å².